The van der Waals surface area contributed by atoms with Crippen LogP contribution in [0.4, 0.5) is 11.7 Å². The van der Waals surface area contributed by atoms with Gasteiger partial charge in [0.15, 0.2) is 5.09 Å². The third kappa shape index (κ3) is 6.57. The van der Waals surface area contributed by atoms with Crippen LogP contribution in [-0.4, -0.2) is 45.8 Å². The Labute approximate surface area is 214 Å². The first kappa shape index (κ1) is 25.6. The van der Waals surface area contributed by atoms with Gasteiger partial charge in [0.2, 0.25) is 11.8 Å². The average Bonchev–Trinajstić information content (AvgIpc) is 3.52. The van der Waals surface area contributed by atoms with Gasteiger partial charge in [-0.05, 0) is 43.2 Å². The maximum absolute atomic E-state index is 13.0. The van der Waals surface area contributed by atoms with Crippen molar-refractivity contribution in [2.75, 3.05) is 23.7 Å². The van der Waals surface area contributed by atoms with Crippen LogP contribution >= 0.6 is 11.8 Å². The number of hydrogen-bond acceptors (Lipinski definition) is 8. The van der Waals surface area contributed by atoms with Crippen molar-refractivity contribution < 1.29 is 18.4 Å². The zero-order valence-electron chi connectivity index (χ0n) is 20.7. The molecule has 10 heteroatoms. The Balaban J connectivity index is 1.29. The van der Waals surface area contributed by atoms with E-state index in [4.69, 9.17) is 8.83 Å². The number of rotatable bonds is 8. The molecular formula is C26H31N5O4S. The highest BCUT2D eigenvalue weighted by Gasteiger charge is 2.26. The van der Waals surface area contributed by atoms with Crippen molar-refractivity contribution in [2.24, 2.45) is 0 Å². The number of nitrogens with one attached hydrogen (secondary N) is 2. The molecule has 190 valence electrons. The second kappa shape index (κ2) is 11.0. The van der Waals surface area contributed by atoms with Gasteiger partial charge in [-0.15, -0.1) is 0 Å². The Morgan fingerprint density at radius 3 is 2.67 bits per heavy atom. The molecule has 3 heterocycles. The minimum atomic E-state index is -0.292. The van der Waals surface area contributed by atoms with Crippen LogP contribution in [0.5, 0.6) is 0 Å². The molecule has 0 saturated carbocycles. The van der Waals surface area contributed by atoms with E-state index in [1.165, 1.54) is 17.8 Å². The number of likely N-dealkylation sites (tertiary alicyclic amines) is 1. The van der Waals surface area contributed by atoms with Gasteiger partial charge in [0.05, 0.1) is 18.1 Å². The second-order valence-electron chi connectivity index (χ2n) is 9.65. The van der Waals surface area contributed by atoms with Gasteiger partial charge in [-0.3, -0.25) is 9.59 Å². The smallest absolute Gasteiger partial charge is 0.295 e. The number of piperidine rings is 1. The highest BCUT2D eigenvalue weighted by atomic mass is 32.2. The third-order valence-electron chi connectivity index (χ3n) is 5.74. The quantitative estimate of drug-likeness (QED) is 0.319. The Hall–Kier alpha value is -3.53. The molecule has 4 rings (SSSR count). The molecule has 36 heavy (non-hydrogen) atoms. The molecule has 3 aromatic rings. The number of amides is 2. The fraction of sp³-hybridized carbons (Fsp3) is 0.385. The van der Waals surface area contributed by atoms with E-state index in [-0.39, 0.29) is 23.3 Å². The van der Waals surface area contributed by atoms with E-state index >= 15 is 0 Å². The first-order valence-electron chi connectivity index (χ1n) is 11.8. The van der Waals surface area contributed by atoms with E-state index in [2.05, 4.69) is 48.0 Å². The van der Waals surface area contributed by atoms with Gasteiger partial charge in [0, 0.05) is 35.8 Å². The van der Waals surface area contributed by atoms with Crippen molar-refractivity contribution in [3.8, 4) is 0 Å². The summed E-state index contributed by atoms with van der Waals surface area (Å²) >= 11 is 1.47. The number of carbonyl (C=O) groups excluding carboxylic acids is 2. The topological polar surface area (TPSA) is 114 Å². The van der Waals surface area contributed by atoms with Crippen LogP contribution in [0.15, 0.2) is 63.2 Å². The Kier molecular flexibility index (Phi) is 7.83. The van der Waals surface area contributed by atoms with Crippen LogP contribution in [0.3, 0.4) is 0 Å². The van der Waals surface area contributed by atoms with Crippen LogP contribution in [-0.2, 0) is 16.0 Å². The largest absolute Gasteiger partial charge is 0.444 e. The van der Waals surface area contributed by atoms with Crippen LogP contribution < -0.4 is 10.6 Å². The summed E-state index contributed by atoms with van der Waals surface area (Å²) in [5.74, 6) is 1.71. The van der Waals surface area contributed by atoms with Crippen molar-refractivity contribution in [3.63, 3.8) is 0 Å². The molecule has 2 amide bonds. The molecule has 0 spiro atoms. The molecular weight excluding hydrogens is 478 g/mol. The molecule has 1 aliphatic rings. The van der Waals surface area contributed by atoms with Gasteiger partial charge in [-0.25, -0.2) is 9.97 Å². The monoisotopic (exact) mass is 509 g/mol. The van der Waals surface area contributed by atoms with E-state index in [1.54, 1.807) is 36.7 Å². The number of anilines is 2. The van der Waals surface area contributed by atoms with E-state index in [9.17, 15) is 9.59 Å². The van der Waals surface area contributed by atoms with Gasteiger partial charge < -0.3 is 24.4 Å². The number of benzene rings is 1. The molecule has 0 bridgehead atoms. The molecule has 2 N–H and O–H groups in total. The molecule has 1 aliphatic heterocycles. The maximum Gasteiger partial charge on any atom is 0.295 e. The van der Waals surface area contributed by atoms with E-state index in [0.717, 1.165) is 18.6 Å². The number of carbonyl (C=O) groups is 2. The molecule has 0 aliphatic carbocycles. The van der Waals surface area contributed by atoms with Crippen LogP contribution in [0.1, 0.15) is 55.6 Å². The van der Waals surface area contributed by atoms with Crippen molar-refractivity contribution in [1.82, 2.24) is 14.9 Å². The molecule has 2 aromatic heterocycles. The first-order valence-corrected chi connectivity index (χ1v) is 12.8. The lowest BCUT2D eigenvalue weighted by molar-refractivity contribution is -0.111. The lowest BCUT2D eigenvalue weighted by atomic mass is 9.94. The highest BCUT2D eigenvalue weighted by Crippen LogP contribution is 2.28. The maximum atomic E-state index is 13.0. The molecule has 1 saturated heterocycles. The normalized spacial score (nSPS) is 16.0. The predicted molar refractivity (Wildman–Crippen MR) is 139 cm³/mol. The Bertz CT molecular complexity index is 1210. The fourth-order valence-corrected chi connectivity index (χ4v) is 4.44. The third-order valence-corrected chi connectivity index (χ3v) is 6.60. The first-order chi connectivity index (χ1) is 17.2. The van der Waals surface area contributed by atoms with E-state index in [1.807, 2.05) is 4.90 Å². The zero-order valence-corrected chi connectivity index (χ0v) is 21.6. The summed E-state index contributed by atoms with van der Waals surface area (Å²) in [5.41, 5.74) is 1.11. The summed E-state index contributed by atoms with van der Waals surface area (Å²) in [5, 5.41) is 6.66. The van der Waals surface area contributed by atoms with Crippen LogP contribution in [0.2, 0.25) is 0 Å². The van der Waals surface area contributed by atoms with E-state index < -0.39 is 0 Å². The van der Waals surface area contributed by atoms with Crippen molar-refractivity contribution in [3.05, 3.63) is 66.5 Å². The summed E-state index contributed by atoms with van der Waals surface area (Å²) in [7, 11) is 0. The SMILES string of the molecule is C=CC(=O)Nc1ccc(C(=O)N2CCC[C@@H](Nc3ncc(SCc4ncc(C(C)(C)C)o4)o3)C2)cc1. The molecule has 1 fully saturated rings. The van der Waals surface area contributed by atoms with Gasteiger partial charge in [-0.1, -0.05) is 39.1 Å². The zero-order chi connectivity index (χ0) is 25.7. The van der Waals surface area contributed by atoms with Crippen molar-refractivity contribution in [2.45, 2.75) is 55.9 Å². The molecule has 0 radical (unpaired) electrons. The van der Waals surface area contributed by atoms with Crippen molar-refractivity contribution in [1.29, 1.82) is 0 Å². The number of thioether (sulfide) groups is 1. The molecule has 1 atom stereocenters. The minimum absolute atomic E-state index is 0.0337. The van der Waals surface area contributed by atoms with Crippen molar-refractivity contribution >= 4 is 35.3 Å². The van der Waals surface area contributed by atoms with Gasteiger partial charge in [0.1, 0.15) is 5.76 Å². The second-order valence-corrected chi connectivity index (χ2v) is 10.6. The average molecular weight is 510 g/mol. The molecule has 9 nitrogen and oxygen atoms in total. The summed E-state index contributed by atoms with van der Waals surface area (Å²) < 4.78 is 11.7. The van der Waals surface area contributed by atoms with Crippen LogP contribution in [0, 0.1) is 0 Å². The highest BCUT2D eigenvalue weighted by molar-refractivity contribution is 7.98. The van der Waals surface area contributed by atoms with Crippen LogP contribution in [0.25, 0.3) is 0 Å². The van der Waals surface area contributed by atoms with E-state index in [0.29, 0.717) is 47.1 Å². The number of aromatic nitrogens is 2. The standard InChI is InChI=1S/C26H31N5O4S/c1-5-21(32)29-18-10-8-17(9-11-18)24(33)31-12-6-7-19(15-31)30-25-28-14-23(35-25)36-16-22-27-13-20(34-22)26(2,3)4/h5,8-11,13-14,19H,1,6-7,12,15-16H2,2-4H3,(H,28,30)(H,29,32)/t19-/m1/s1. The molecule has 1 aromatic carbocycles. The Morgan fingerprint density at radius 2 is 1.97 bits per heavy atom. The lowest BCUT2D eigenvalue weighted by Gasteiger charge is -2.33. The predicted octanol–water partition coefficient (Wildman–Crippen LogP) is 5.09. The summed E-state index contributed by atoms with van der Waals surface area (Å²) in [6, 6.07) is 7.32. The number of oxazole rings is 2. The van der Waals surface area contributed by atoms with Gasteiger partial charge in [-0.2, -0.15) is 0 Å². The summed E-state index contributed by atoms with van der Waals surface area (Å²) in [6.45, 7) is 10.9. The molecule has 0 unspecified atom stereocenters. The summed E-state index contributed by atoms with van der Waals surface area (Å²) in [4.78, 5) is 35.0. The number of nitrogens with zero attached hydrogens (tertiary/aromatic N) is 3. The minimum Gasteiger partial charge on any atom is -0.444 e. The fourth-order valence-electron chi connectivity index (χ4n) is 3.78. The van der Waals surface area contributed by atoms with Gasteiger partial charge >= 0.3 is 0 Å². The summed E-state index contributed by atoms with van der Waals surface area (Å²) in [6.07, 6.45) is 6.44. The number of hydrogen-bond donors (Lipinski definition) is 2. The van der Waals surface area contributed by atoms with Gasteiger partial charge in [0.25, 0.3) is 11.9 Å². The Morgan fingerprint density at radius 1 is 1.19 bits per heavy atom. The lowest BCUT2D eigenvalue weighted by Crippen LogP contribution is -2.45.